The number of anilines is 2. The highest BCUT2D eigenvalue weighted by Crippen LogP contribution is 2.45. The van der Waals surface area contributed by atoms with Gasteiger partial charge in [0.1, 0.15) is 11.6 Å². The van der Waals surface area contributed by atoms with Crippen molar-refractivity contribution < 1.29 is 14.4 Å². The lowest BCUT2D eigenvalue weighted by Gasteiger charge is -2.44. The Hall–Kier alpha value is -5.83. The Balaban J connectivity index is 0.786. The first-order valence-corrected chi connectivity index (χ1v) is 18.9. The monoisotopic (exact) mass is 727 g/mol. The van der Waals surface area contributed by atoms with E-state index in [4.69, 9.17) is 5.10 Å². The van der Waals surface area contributed by atoms with Crippen LogP contribution in [0.5, 0.6) is 0 Å². The van der Waals surface area contributed by atoms with Crippen LogP contribution in [0.1, 0.15) is 72.4 Å². The van der Waals surface area contributed by atoms with Crippen molar-refractivity contribution in [1.82, 2.24) is 43.7 Å². The third-order valence-electron chi connectivity index (χ3n) is 11.8. The number of rotatable bonds is 8. The fourth-order valence-corrected chi connectivity index (χ4v) is 8.83. The molecule has 4 aliphatic rings. The van der Waals surface area contributed by atoms with Gasteiger partial charge in [0.05, 0.1) is 34.5 Å². The number of para-hydroxylation sites is 1. The second kappa shape index (κ2) is 12.6. The number of nitrogens with zero attached hydrogens (tertiary/aromatic N) is 9. The van der Waals surface area contributed by atoms with E-state index in [-0.39, 0.29) is 23.9 Å². The highest BCUT2D eigenvalue weighted by atomic mass is 16.2. The van der Waals surface area contributed by atoms with Crippen molar-refractivity contribution >= 4 is 56.7 Å². The summed E-state index contributed by atoms with van der Waals surface area (Å²) in [6.07, 6.45) is 11.9. The zero-order valence-electron chi connectivity index (χ0n) is 30.0. The molecule has 1 atom stereocenters. The summed E-state index contributed by atoms with van der Waals surface area (Å²) in [5.74, 6) is 0.0170. The Morgan fingerprint density at radius 2 is 1.85 bits per heavy atom. The fraction of sp³-hybridized carbons (Fsp3) is 0.410. The average molecular weight is 728 g/mol. The molecule has 3 amide bonds. The Labute approximate surface area is 309 Å². The van der Waals surface area contributed by atoms with Gasteiger partial charge in [-0.2, -0.15) is 10.2 Å². The minimum Gasteiger partial charge on any atom is -0.369 e. The first kappa shape index (κ1) is 32.8. The summed E-state index contributed by atoms with van der Waals surface area (Å²) in [7, 11) is 1.76. The summed E-state index contributed by atoms with van der Waals surface area (Å²) >= 11 is 0. The largest absolute Gasteiger partial charge is 0.369 e. The van der Waals surface area contributed by atoms with Crippen LogP contribution in [-0.4, -0.2) is 88.9 Å². The van der Waals surface area contributed by atoms with E-state index < -0.39 is 11.9 Å². The molecule has 3 aliphatic heterocycles. The number of aromatic nitrogens is 7. The molecular formula is C39H41N11O4. The van der Waals surface area contributed by atoms with Crippen molar-refractivity contribution in [2.45, 2.75) is 56.5 Å². The number of hydrogen-bond donors (Lipinski definition) is 2. The molecule has 2 N–H and O–H groups in total. The zero-order valence-corrected chi connectivity index (χ0v) is 30.0. The first-order chi connectivity index (χ1) is 26.3. The highest BCUT2D eigenvalue weighted by molar-refractivity contribution is 6.09. The normalized spacial score (nSPS) is 20.2. The summed E-state index contributed by atoms with van der Waals surface area (Å²) in [5, 5.41) is 15.9. The number of carbonyl (C=O) groups excluding carboxylic acids is 3. The van der Waals surface area contributed by atoms with E-state index >= 15 is 0 Å². The number of benzene rings is 2. The molecule has 276 valence electrons. The van der Waals surface area contributed by atoms with Crippen LogP contribution in [0.3, 0.4) is 0 Å². The summed E-state index contributed by atoms with van der Waals surface area (Å²) in [6.45, 7) is 4.82. The van der Waals surface area contributed by atoms with Crippen molar-refractivity contribution in [3.63, 3.8) is 0 Å². The number of fused-ring (bicyclic) bond motifs is 3. The van der Waals surface area contributed by atoms with Gasteiger partial charge in [-0.1, -0.05) is 6.07 Å². The molecule has 0 bridgehead atoms. The second-order valence-electron chi connectivity index (χ2n) is 15.4. The summed E-state index contributed by atoms with van der Waals surface area (Å²) in [6, 6.07) is 11.5. The van der Waals surface area contributed by atoms with Gasteiger partial charge in [0.2, 0.25) is 11.8 Å². The minimum atomic E-state index is -0.695. The van der Waals surface area contributed by atoms with E-state index in [2.05, 4.69) is 59.6 Å². The van der Waals surface area contributed by atoms with Gasteiger partial charge in [0.15, 0.2) is 5.65 Å². The van der Waals surface area contributed by atoms with E-state index in [1.165, 1.54) is 0 Å². The zero-order chi connectivity index (χ0) is 36.7. The molecule has 6 aromatic rings. The third kappa shape index (κ3) is 5.56. The van der Waals surface area contributed by atoms with Gasteiger partial charge in [0, 0.05) is 81.8 Å². The average Bonchev–Trinajstić information content (AvgIpc) is 3.68. The number of hydrogen-bond acceptors (Lipinski definition) is 9. The van der Waals surface area contributed by atoms with Crippen molar-refractivity contribution in [2.24, 2.45) is 13.0 Å². The number of carbonyl (C=O) groups is 3. The maximum Gasteiger partial charge on any atom is 0.329 e. The Kier molecular flexibility index (Phi) is 7.68. The quantitative estimate of drug-likeness (QED) is 0.224. The van der Waals surface area contributed by atoms with Gasteiger partial charge < -0.3 is 15.1 Å². The smallest absolute Gasteiger partial charge is 0.329 e. The van der Waals surface area contributed by atoms with Crippen LogP contribution in [0.15, 0.2) is 66.0 Å². The standard InChI is InChI=1S/C39H41N11O4/c1-45-35-31(4-2-5-32(35)50(39(45)54)33-8-9-34(51)43-38(33)53)47-20-23(21-47)19-46-14-10-26(11-15-46)49-22-25-16-30(27(24-6-7-24)17-29(25)44-49)42-37(52)28-18-41-48-13-3-12-40-36(28)48/h2-5,12-13,16-18,22-24,26,33H,6-11,14-15,19-21H2,1H3,(H,42,52)(H,43,51,53). The van der Waals surface area contributed by atoms with Gasteiger partial charge in [-0.05, 0) is 73.9 Å². The van der Waals surface area contributed by atoms with Gasteiger partial charge >= 0.3 is 5.69 Å². The Bertz CT molecular complexity index is 2550. The number of likely N-dealkylation sites (tertiary alicyclic amines) is 1. The molecule has 3 saturated heterocycles. The van der Waals surface area contributed by atoms with Crippen molar-refractivity contribution in [1.29, 1.82) is 0 Å². The van der Waals surface area contributed by atoms with Crippen LogP contribution in [-0.2, 0) is 16.6 Å². The molecule has 15 heteroatoms. The van der Waals surface area contributed by atoms with Gasteiger partial charge in [0.25, 0.3) is 5.91 Å². The molecule has 1 unspecified atom stereocenters. The SMILES string of the molecule is Cn1c(=O)n(C2CCC(=O)NC2=O)c2cccc(N3CC(CN4CCC(n5cc6cc(NC(=O)c7cnn8cccnc78)c(C7CC7)cc6n5)CC4)C3)c21. The molecule has 1 saturated carbocycles. The molecular weight excluding hydrogens is 687 g/mol. The lowest BCUT2D eigenvalue weighted by molar-refractivity contribution is -0.135. The molecule has 4 fully saturated rings. The van der Waals surface area contributed by atoms with Crippen molar-refractivity contribution in [3.05, 3.63) is 82.8 Å². The predicted molar refractivity (Wildman–Crippen MR) is 202 cm³/mol. The number of imide groups is 1. The fourth-order valence-electron chi connectivity index (χ4n) is 8.83. The van der Waals surface area contributed by atoms with E-state index in [9.17, 15) is 19.2 Å². The lowest BCUT2D eigenvalue weighted by atomic mass is 9.96. The molecule has 4 aromatic heterocycles. The number of nitrogens with one attached hydrogen (secondary N) is 2. The van der Waals surface area contributed by atoms with E-state index in [0.717, 1.165) is 97.3 Å². The molecule has 15 nitrogen and oxygen atoms in total. The van der Waals surface area contributed by atoms with Crippen LogP contribution in [0.2, 0.25) is 0 Å². The molecule has 7 heterocycles. The number of piperidine rings is 2. The Morgan fingerprint density at radius 1 is 1.02 bits per heavy atom. The molecule has 0 radical (unpaired) electrons. The molecule has 1 aliphatic carbocycles. The van der Waals surface area contributed by atoms with Gasteiger partial charge in [-0.25, -0.2) is 14.3 Å². The van der Waals surface area contributed by atoms with Crippen LogP contribution >= 0.6 is 0 Å². The topological polar surface area (TPSA) is 157 Å². The van der Waals surface area contributed by atoms with Crippen LogP contribution in [0.25, 0.3) is 27.6 Å². The van der Waals surface area contributed by atoms with E-state index in [0.29, 0.717) is 35.5 Å². The maximum absolute atomic E-state index is 13.4. The molecule has 54 heavy (non-hydrogen) atoms. The van der Waals surface area contributed by atoms with Crippen LogP contribution in [0.4, 0.5) is 11.4 Å². The lowest BCUT2D eigenvalue weighted by Crippen LogP contribution is -2.52. The van der Waals surface area contributed by atoms with Gasteiger partial charge in [-0.3, -0.25) is 33.5 Å². The summed E-state index contributed by atoms with van der Waals surface area (Å²) in [4.78, 5) is 60.4. The third-order valence-corrected chi connectivity index (χ3v) is 11.8. The predicted octanol–water partition coefficient (Wildman–Crippen LogP) is 3.61. The van der Waals surface area contributed by atoms with Crippen molar-refractivity contribution in [2.75, 3.05) is 42.9 Å². The molecule has 10 rings (SSSR count). The maximum atomic E-state index is 13.4. The number of aryl methyl sites for hydroxylation is 1. The summed E-state index contributed by atoms with van der Waals surface area (Å²) < 4.78 is 6.93. The molecule has 2 aromatic carbocycles. The molecule has 0 spiro atoms. The Morgan fingerprint density at radius 3 is 2.65 bits per heavy atom. The van der Waals surface area contributed by atoms with E-state index in [1.807, 2.05) is 12.1 Å². The van der Waals surface area contributed by atoms with Crippen molar-refractivity contribution in [3.8, 4) is 0 Å². The second-order valence-corrected chi connectivity index (χ2v) is 15.4. The van der Waals surface area contributed by atoms with Crippen LogP contribution in [0, 0.1) is 5.92 Å². The number of amides is 3. The van der Waals surface area contributed by atoms with Gasteiger partial charge in [-0.15, -0.1) is 0 Å². The first-order valence-electron chi connectivity index (χ1n) is 18.9. The van der Waals surface area contributed by atoms with E-state index in [1.54, 1.807) is 45.4 Å². The van der Waals surface area contributed by atoms with Crippen LogP contribution < -0.4 is 21.2 Å². The summed E-state index contributed by atoms with van der Waals surface area (Å²) in [5.41, 5.74) is 6.20. The highest BCUT2D eigenvalue weighted by Gasteiger charge is 2.35. The number of imidazole rings is 1. The minimum absolute atomic E-state index is 0.217.